The van der Waals surface area contributed by atoms with Crippen LogP contribution in [-0.4, -0.2) is 32.2 Å². The van der Waals surface area contributed by atoms with Crippen LogP contribution in [0.2, 0.25) is 0 Å². The molecule has 0 bridgehead atoms. The third-order valence-electron chi connectivity index (χ3n) is 5.16. The van der Waals surface area contributed by atoms with Crippen LogP contribution in [-0.2, 0) is 19.4 Å². The lowest BCUT2D eigenvalue weighted by molar-refractivity contribution is 0.0955. The van der Waals surface area contributed by atoms with Gasteiger partial charge in [-0.3, -0.25) is 9.78 Å². The lowest BCUT2D eigenvalue weighted by Gasteiger charge is -2.10. The molecule has 0 saturated heterocycles. The van der Waals surface area contributed by atoms with E-state index in [1.807, 2.05) is 38.1 Å². The fraction of sp³-hybridized carbons (Fsp3) is 0.429. The van der Waals surface area contributed by atoms with E-state index < -0.39 is 0 Å². The quantitative estimate of drug-likeness (QED) is 0.773. The fourth-order valence-electron chi connectivity index (χ4n) is 3.77. The number of nitrogens with one attached hydrogen (secondary N) is 1. The average molecular weight is 363 g/mol. The molecule has 1 aliphatic heterocycles. The predicted octanol–water partition coefficient (Wildman–Crippen LogP) is 3.14. The highest BCUT2D eigenvalue weighted by Crippen LogP contribution is 2.20. The number of hydrogen-bond donors (Lipinski definition) is 1. The van der Waals surface area contributed by atoms with E-state index in [0.29, 0.717) is 18.5 Å². The van der Waals surface area contributed by atoms with Crippen LogP contribution in [0.3, 0.4) is 0 Å². The lowest BCUT2D eigenvalue weighted by Crippen LogP contribution is -2.27. The number of pyridine rings is 1. The first-order valence-electron chi connectivity index (χ1n) is 9.69. The van der Waals surface area contributed by atoms with Crippen LogP contribution in [0, 0.1) is 13.8 Å². The number of nitrogens with zero attached hydrogens (tertiary/aromatic N) is 4. The van der Waals surface area contributed by atoms with Crippen LogP contribution >= 0.6 is 0 Å². The largest absolute Gasteiger partial charge is 0.352 e. The number of carbonyl (C=O) groups excluding carboxylic acids is 1. The van der Waals surface area contributed by atoms with Gasteiger partial charge in [0.25, 0.3) is 5.91 Å². The number of aryl methyl sites for hydroxylation is 3. The summed E-state index contributed by atoms with van der Waals surface area (Å²) in [6.07, 6.45) is 5.29. The molecule has 27 heavy (non-hydrogen) atoms. The zero-order valence-corrected chi connectivity index (χ0v) is 16.0. The van der Waals surface area contributed by atoms with Gasteiger partial charge in [-0.25, -0.2) is 0 Å². The summed E-state index contributed by atoms with van der Waals surface area (Å²) in [5, 5.41) is 12.6. The van der Waals surface area contributed by atoms with Gasteiger partial charge in [-0.1, -0.05) is 18.1 Å². The van der Waals surface area contributed by atoms with Crippen molar-refractivity contribution in [3.8, 4) is 0 Å². The van der Waals surface area contributed by atoms with Gasteiger partial charge in [0.15, 0.2) is 0 Å². The van der Waals surface area contributed by atoms with Gasteiger partial charge in [0.05, 0.1) is 11.1 Å². The first kappa shape index (κ1) is 17.6. The molecule has 0 radical (unpaired) electrons. The molecule has 0 aliphatic carbocycles. The maximum absolute atomic E-state index is 12.8. The molecule has 0 unspecified atom stereocenters. The summed E-state index contributed by atoms with van der Waals surface area (Å²) in [5.74, 6) is 1.99. The van der Waals surface area contributed by atoms with E-state index in [4.69, 9.17) is 0 Å². The Bertz CT molecular complexity index is 992. The van der Waals surface area contributed by atoms with E-state index in [0.717, 1.165) is 46.8 Å². The molecule has 1 amide bonds. The van der Waals surface area contributed by atoms with Crippen LogP contribution in [0.1, 0.15) is 52.5 Å². The molecule has 3 heterocycles. The summed E-state index contributed by atoms with van der Waals surface area (Å²) in [7, 11) is 0. The van der Waals surface area contributed by atoms with Gasteiger partial charge < -0.3 is 9.88 Å². The summed E-state index contributed by atoms with van der Waals surface area (Å²) >= 11 is 0. The van der Waals surface area contributed by atoms with Crippen LogP contribution in [0.25, 0.3) is 10.9 Å². The van der Waals surface area contributed by atoms with Crippen molar-refractivity contribution in [2.45, 2.75) is 52.5 Å². The SMILES string of the molecule is Cc1ccc2nc(C)cc(C(=O)NCCc3nnc4n3CCCCC4)c2c1. The van der Waals surface area contributed by atoms with Gasteiger partial charge in [0, 0.05) is 37.0 Å². The number of rotatable bonds is 4. The van der Waals surface area contributed by atoms with Gasteiger partial charge in [-0.05, 0) is 44.9 Å². The number of benzene rings is 1. The molecular weight excluding hydrogens is 338 g/mol. The maximum Gasteiger partial charge on any atom is 0.252 e. The van der Waals surface area contributed by atoms with E-state index in [1.54, 1.807) is 0 Å². The molecular formula is C21H25N5O. The molecule has 1 aliphatic rings. The molecule has 0 saturated carbocycles. The second-order valence-corrected chi connectivity index (χ2v) is 7.33. The Labute approximate surface area is 159 Å². The molecule has 0 spiro atoms. The topological polar surface area (TPSA) is 72.7 Å². The van der Waals surface area contributed by atoms with E-state index in [2.05, 4.69) is 25.1 Å². The minimum atomic E-state index is -0.0632. The summed E-state index contributed by atoms with van der Waals surface area (Å²) < 4.78 is 2.23. The number of aromatic nitrogens is 4. The fourth-order valence-corrected chi connectivity index (χ4v) is 3.77. The van der Waals surface area contributed by atoms with Crippen molar-refractivity contribution in [3.63, 3.8) is 0 Å². The molecule has 3 aromatic rings. The van der Waals surface area contributed by atoms with Crippen LogP contribution in [0.15, 0.2) is 24.3 Å². The summed E-state index contributed by atoms with van der Waals surface area (Å²) in [6.45, 7) is 5.48. The highest BCUT2D eigenvalue weighted by Gasteiger charge is 2.16. The molecule has 0 atom stereocenters. The smallest absolute Gasteiger partial charge is 0.252 e. The van der Waals surface area contributed by atoms with Crippen LogP contribution < -0.4 is 5.32 Å². The third kappa shape index (κ3) is 3.70. The molecule has 6 heteroatoms. The van der Waals surface area contributed by atoms with Crippen molar-refractivity contribution in [1.29, 1.82) is 0 Å². The van der Waals surface area contributed by atoms with Crippen LogP contribution in [0.5, 0.6) is 0 Å². The molecule has 0 fully saturated rings. The second-order valence-electron chi connectivity index (χ2n) is 7.33. The lowest BCUT2D eigenvalue weighted by atomic mass is 10.0. The number of fused-ring (bicyclic) bond motifs is 2. The monoisotopic (exact) mass is 363 g/mol. The van der Waals surface area contributed by atoms with Crippen LogP contribution in [0.4, 0.5) is 0 Å². The molecule has 6 nitrogen and oxygen atoms in total. The highest BCUT2D eigenvalue weighted by molar-refractivity contribution is 6.06. The van der Waals surface area contributed by atoms with Crippen molar-refractivity contribution >= 4 is 16.8 Å². The normalized spacial score (nSPS) is 14.0. The Balaban J connectivity index is 1.48. The van der Waals surface area contributed by atoms with E-state index in [1.165, 1.54) is 19.3 Å². The second kappa shape index (κ2) is 7.47. The zero-order valence-electron chi connectivity index (χ0n) is 16.0. The standard InChI is InChI=1S/C21H25N5O/c1-14-7-8-18-16(12-14)17(13-15(2)23-18)21(27)22-10-9-20-25-24-19-6-4-3-5-11-26(19)20/h7-8,12-13H,3-6,9-11H2,1-2H3,(H,22,27). The van der Waals surface area contributed by atoms with Gasteiger partial charge >= 0.3 is 0 Å². The minimum absolute atomic E-state index is 0.0632. The number of hydrogen-bond acceptors (Lipinski definition) is 4. The van der Waals surface area contributed by atoms with E-state index in [9.17, 15) is 4.79 Å². The molecule has 1 N–H and O–H groups in total. The van der Waals surface area contributed by atoms with Gasteiger partial charge in [0.1, 0.15) is 11.6 Å². The molecule has 4 rings (SSSR count). The molecule has 140 valence electrons. The summed E-state index contributed by atoms with van der Waals surface area (Å²) in [4.78, 5) is 17.3. The van der Waals surface area contributed by atoms with E-state index in [-0.39, 0.29) is 5.91 Å². The maximum atomic E-state index is 12.8. The number of amides is 1. The first-order valence-corrected chi connectivity index (χ1v) is 9.69. The Hall–Kier alpha value is -2.76. The zero-order chi connectivity index (χ0) is 18.8. The first-order chi connectivity index (χ1) is 13.1. The Kier molecular flexibility index (Phi) is 4.88. The highest BCUT2D eigenvalue weighted by atomic mass is 16.1. The Morgan fingerprint density at radius 2 is 2.04 bits per heavy atom. The summed E-state index contributed by atoms with van der Waals surface area (Å²) in [6, 6.07) is 7.88. The Morgan fingerprint density at radius 1 is 1.15 bits per heavy atom. The minimum Gasteiger partial charge on any atom is -0.352 e. The van der Waals surface area contributed by atoms with Gasteiger partial charge in [0.2, 0.25) is 0 Å². The van der Waals surface area contributed by atoms with Crippen molar-refractivity contribution in [1.82, 2.24) is 25.1 Å². The van der Waals surface area contributed by atoms with Gasteiger partial charge in [-0.2, -0.15) is 0 Å². The van der Waals surface area contributed by atoms with Crippen molar-refractivity contribution in [2.75, 3.05) is 6.54 Å². The Morgan fingerprint density at radius 3 is 2.93 bits per heavy atom. The van der Waals surface area contributed by atoms with Gasteiger partial charge in [-0.15, -0.1) is 10.2 Å². The molecule has 2 aromatic heterocycles. The predicted molar refractivity (Wildman–Crippen MR) is 105 cm³/mol. The van der Waals surface area contributed by atoms with Crippen molar-refractivity contribution in [2.24, 2.45) is 0 Å². The molecule has 1 aromatic carbocycles. The summed E-state index contributed by atoms with van der Waals surface area (Å²) in [5.41, 5.74) is 3.50. The third-order valence-corrected chi connectivity index (χ3v) is 5.16. The number of carbonyl (C=O) groups is 1. The van der Waals surface area contributed by atoms with E-state index >= 15 is 0 Å². The van der Waals surface area contributed by atoms with Crippen molar-refractivity contribution in [3.05, 3.63) is 52.7 Å². The van der Waals surface area contributed by atoms with Crippen molar-refractivity contribution < 1.29 is 4.79 Å². The average Bonchev–Trinajstić information content (AvgIpc) is 2.87.